The molecule has 0 unspecified atom stereocenters. The zero-order chi connectivity index (χ0) is 21.1. The smallest absolute Gasteiger partial charge is 0.311 e. The molecule has 0 aromatic heterocycles. The summed E-state index contributed by atoms with van der Waals surface area (Å²) in [6.07, 6.45) is 2.43. The van der Waals surface area contributed by atoms with Crippen molar-refractivity contribution in [3.63, 3.8) is 0 Å². The molecule has 0 aliphatic heterocycles. The Balaban J connectivity index is 2.21. The number of allylic oxidation sites excluding steroid dienone is 1. The molecule has 152 valence electrons. The van der Waals surface area contributed by atoms with E-state index in [-0.39, 0.29) is 17.2 Å². The Bertz CT molecular complexity index is 1010. The van der Waals surface area contributed by atoms with Gasteiger partial charge in [0.2, 0.25) is 5.75 Å². The molecule has 0 heterocycles. The second kappa shape index (κ2) is 8.22. The Kier molecular flexibility index (Phi) is 5.72. The Morgan fingerprint density at radius 1 is 0.931 bits per heavy atom. The van der Waals surface area contributed by atoms with E-state index in [1.54, 1.807) is 18.2 Å². The molecule has 8 nitrogen and oxygen atoms in total. The summed E-state index contributed by atoms with van der Waals surface area (Å²) in [5, 5.41) is 11.3. The van der Waals surface area contributed by atoms with Gasteiger partial charge >= 0.3 is 5.69 Å². The van der Waals surface area contributed by atoms with E-state index < -0.39 is 4.92 Å². The zero-order valence-electron chi connectivity index (χ0n) is 16.6. The third-order valence-electron chi connectivity index (χ3n) is 4.84. The molecular weight excluding hydrogens is 378 g/mol. The summed E-state index contributed by atoms with van der Waals surface area (Å²) in [6.45, 7) is 0. The number of benzene rings is 2. The molecular formula is C21H21NO7. The van der Waals surface area contributed by atoms with Crippen LogP contribution in [-0.4, -0.2) is 39.1 Å². The van der Waals surface area contributed by atoms with Crippen LogP contribution in [0.15, 0.2) is 24.3 Å². The largest absolute Gasteiger partial charge is 0.493 e. The summed E-state index contributed by atoms with van der Waals surface area (Å²) >= 11 is 0. The predicted molar refractivity (Wildman–Crippen MR) is 107 cm³/mol. The number of carbonyl (C=O) groups excluding carboxylic acids is 1. The van der Waals surface area contributed by atoms with Crippen LogP contribution >= 0.6 is 0 Å². The standard InChI is InChI=1S/C21H21NO7/c1-26-18-8-5-12(10-16(18)22(24)25)9-15-14-11-19(27-2)21(29-4)20(28-3)13(14)6-7-17(15)23/h5,8-11H,6-7H2,1-4H3/b15-9+. The molecule has 0 fully saturated rings. The first-order valence-corrected chi connectivity index (χ1v) is 8.84. The van der Waals surface area contributed by atoms with Crippen LogP contribution < -0.4 is 18.9 Å². The predicted octanol–water partition coefficient (Wildman–Crippen LogP) is 3.69. The van der Waals surface area contributed by atoms with Crippen LogP contribution in [0.3, 0.4) is 0 Å². The highest BCUT2D eigenvalue weighted by Crippen LogP contribution is 2.46. The lowest BCUT2D eigenvalue weighted by atomic mass is 9.84. The van der Waals surface area contributed by atoms with Crippen LogP contribution in [0.5, 0.6) is 23.0 Å². The van der Waals surface area contributed by atoms with E-state index in [9.17, 15) is 14.9 Å². The number of hydrogen-bond acceptors (Lipinski definition) is 7. The van der Waals surface area contributed by atoms with Gasteiger partial charge in [0.05, 0.1) is 33.4 Å². The number of carbonyl (C=O) groups is 1. The van der Waals surface area contributed by atoms with E-state index in [1.807, 2.05) is 0 Å². The van der Waals surface area contributed by atoms with Crippen molar-refractivity contribution < 1.29 is 28.7 Å². The third kappa shape index (κ3) is 3.61. The second-order valence-corrected chi connectivity index (χ2v) is 6.34. The molecule has 1 aliphatic rings. The third-order valence-corrected chi connectivity index (χ3v) is 4.84. The van der Waals surface area contributed by atoms with Gasteiger partial charge in [-0.25, -0.2) is 0 Å². The average molecular weight is 399 g/mol. The van der Waals surface area contributed by atoms with Crippen molar-refractivity contribution in [1.82, 2.24) is 0 Å². The maximum Gasteiger partial charge on any atom is 0.311 e. The monoisotopic (exact) mass is 399 g/mol. The summed E-state index contributed by atoms with van der Waals surface area (Å²) in [5.41, 5.74) is 2.27. The number of nitro groups is 1. The van der Waals surface area contributed by atoms with Crippen LogP contribution in [0.2, 0.25) is 0 Å². The van der Waals surface area contributed by atoms with Gasteiger partial charge in [0.15, 0.2) is 23.0 Å². The summed E-state index contributed by atoms with van der Waals surface area (Å²) < 4.78 is 21.4. The van der Waals surface area contributed by atoms with Gasteiger partial charge in [-0.05, 0) is 35.8 Å². The van der Waals surface area contributed by atoms with Crippen molar-refractivity contribution in [1.29, 1.82) is 0 Å². The number of nitrogens with zero attached hydrogens (tertiary/aromatic N) is 1. The van der Waals surface area contributed by atoms with Gasteiger partial charge in [-0.3, -0.25) is 14.9 Å². The number of ether oxygens (including phenoxy) is 4. The Morgan fingerprint density at radius 3 is 2.21 bits per heavy atom. The zero-order valence-corrected chi connectivity index (χ0v) is 16.6. The fourth-order valence-electron chi connectivity index (χ4n) is 3.49. The molecule has 0 spiro atoms. The lowest BCUT2D eigenvalue weighted by Crippen LogP contribution is -2.14. The molecule has 1 aliphatic carbocycles. The van der Waals surface area contributed by atoms with Crippen LogP contribution in [-0.2, 0) is 11.2 Å². The molecule has 0 bridgehead atoms. The van der Waals surface area contributed by atoms with Gasteiger partial charge < -0.3 is 18.9 Å². The van der Waals surface area contributed by atoms with Gasteiger partial charge in [-0.2, -0.15) is 0 Å². The van der Waals surface area contributed by atoms with E-state index in [0.29, 0.717) is 46.8 Å². The quantitative estimate of drug-likeness (QED) is 0.415. The normalized spacial score (nSPS) is 14.3. The maximum absolute atomic E-state index is 12.7. The number of fused-ring (bicyclic) bond motifs is 1. The Morgan fingerprint density at radius 2 is 1.62 bits per heavy atom. The lowest BCUT2D eigenvalue weighted by molar-refractivity contribution is -0.385. The number of methoxy groups -OCH3 is 4. The first-order valence-electron chi connectivity index (χ1n) is 8.84. The van der Waals surface area contributed by atoms with E-state index in [1.165, 1.54) is 40.6 Å². The molecule has 0 saturated carbocycles. The van der Waals surface area contributed by atoms with Crippen molar-refractivity contribution in [3.8, 4) is 23.0 Å². The second-order valence-electron chi connectivity index (χ2n) is 6.34. The van der Waals surface area contributed by atoms with Crippen molar-refractivity contribution in [2.75, 3.05) is 28.4 Å². The molecule has 0 atom stereocenters. The van der Waals surface area contributed by atoms with Crippen LogP contribution in [0.25, 0.3) is 11.6 Å². The fourth-order valence-corrected chi connectivity index (χ4v) is 3.49. The molecule has 2 aromatic rings. The summed E-state index contributed by atoms with van der Waals surface area (Å²) in [4.78, 5) is 23.5. The minimum Gasteiger partial charge on any atom is -0.493 e. The molecule has 0 N–H and O–H groups in total. The SMILES string of the molecule is COc1ccc(/C=C2/C(=O)CCc3c2cc(OC)c(OC)c3OC)cc1[N+](=O)[O-]. The van der Waals surface area contributed by atoms with Crippen molar-refractivity contribution in [3.05, 3.63) is 51.1 Å². The maximum atomic E-state index is 12.7. The van der Waals surface area contributed by atoms with Gasteiger partial charge in [0.25, 0.3) is 0 Å². The number of ketones is 1. The molecule has 8 heteroatoms. The van der Waals surface area contributed by atoms with E-state index in [4.69, 9.17) is 18.9 Å². The lowest BCUT2D eigenvalue weighted by Gasteiger charge is -2.24. The van der Waals surface area contributed by atoms with Crippen LogP contribution in [0.4, 0.5) is 5.69 Å². The Labute approximate surface area is 167 Å². The molecule has 0 amide bonds. The average Bonchev–Trinajstić information content (AvgIpc) is 2.73. The van der Waals surface area contributed by atoms with Crippen LogP contribution in [0, 0.1) is 10.1 Å². The van der Waals surface area contributed by atoms with Gasteiger partial charge in [-0.15, -0.1) is 0 Å². The number of Topliss-reactive ketones (excluding diaryl/α,β-unsaturated/α-hetero) is 1. The summed E-state index contributed by atoms with van der Waals surface area (Å²) in [5.74, 6) is 1.50. The molecule has 2 aromatic carbocycles. The highest BCUT2D eigenvalue weighted by atomic mass is 16.6. The van der Waals surface area contributed by atoms with E-state index in [0.717, 1.165) is 5.56 Å². The highest BCUT2D eigenvalue weighted by molar-refractivity contribution is 6.27. The van der Waals surface area contributed by atoms with Crippen molar-refractivity contribution >= 4 is 23.1 Å². The minimum absolute atomic E-state index is 0.0646. The topological polar surface area (TPSA) is 97.1 Å². The number of nitro benzene ring substituents is 1. The summed E-state index contributed by atoms with van der Waals surface area (Å²) in [6, 6.07) is 6.29. The van der Waals surface area contributed by atoms with Gasteiger partial charge in [0.1, 0.15) is 0 Å². The van der Waals surface area contributed by atoms with Crippen molar-refractivity contribution in [2.45, 2.75) is 12.8 Å². The first-order chi connectivity index (χ1) is 13.9. The van der Waals surface area contributed by atoms with E-state index in [2.05, 4.69) is 0 Å². The van der Waals surface area contributed by atoms with Gasteiger partial charge in [0, 0.05) is 23.6 Å². The molecule has 0 radical (unpaired) electrons. The fraction of sp³-hybridized carbons (Fsp3) is 0.286. The molecule has 29 heavy (non-hydrogen) atoms. The highest BCUT2D eigenvalue weighted by Gasteiger charge is 2.29. The Hall–Kier alpha value is -3.55. The van der Waals surface area contributed by atoms with Crippen LogP contribution in [0.1, 0.15) is 23.1 Å². The molecule has 3 rings (SSSR count). The summed E-state index contributed by atoms with van der Waals surface area (Å²) in [7, 11) is 5.93. The van der Waals surface area contributed by atoms with Gasteiger partial charge in [-0.1, -0.05) is 6.07 Å². The number of hydrogen-bond donors (Lipinski definition) is 0. The minimum atomic E-state index is -0.519. The number of rotatable bonds is 6. The first kappa shape index (κ1) is 20.2. The molecule has 0 saturated heterocycles. The van der Waals surface area contributed by atoms with E-state index >= 15 is 0 Å². The van der Waals surface area contributed by atoms with Crippen molar-refractivity contribution in [2.24, 2.45) is 0 Å².